The van der Waals surface area contributed by atoms with Gasteiger partial charge in [-0.15, -0.1) is 16.4 Å². The zero-order chi connectivity index (χ0) is 15.8. The summed E-state index contributed by atoms with van der Waals surface area (Å²) in [5.41, 5.74) is 1.91. The van der Waals surface area contributed by atoms with E-state index in [2.05, 4.69) is 27.3 Å². The summed E-state index contributed by atoms with van der Waals surface area (Å²) in [6.45, 7) is 2.07. The summed E-state index contributed by atoms with van der Waals surface area (Å²) >= 11 is 9.07. The van der Waals surface area contributed by atoms with Crippen molar-refractivity contribution in [3.63, 3.8) is 0 Å². The summed E-state index contributed by atoms with van der Waals surface area (Å²) in [6, 6.07) is 7.76. The van der Waals surface area contributed by atoms with Gasteiger partial charge < -0.3 is 5.32 Å². The van der Waals surface area contributed by atoms with Crippen molar-refractivity contribution in [2.24, 2.45) is 0 Å². The number of aromatic nitrogens is 4. The van der Waals surface area contributed by atoms with Crippen molar-refractivity contribution in [2.75, 3.05) is 5.32 Å². The van der Waals surface area contributed by atoms with E-state index in [-0.39, 0.29) is 6.04 Å². The van der Waals surface area contributed by atoms with E-state index >= 15 is 0 Å². The van der Waals surface area contributed by atoms with E-state index in [1.54, 1.807) is 15.9 Å². The molecule has 1 atom stereocenters. The first-order chi connectivity index (χ1) is 11.2. The van der Waals surface area contributed by atoms with Crippen molar-refractivity contribution >= 4 is 44.4 Å². The van der Waals surface area contributed by atoms with Crippen LogP contribution in [0.1, 0.15) is 18.0 Å². The van der Waals surface area contributed by atoms with E-state index in [1.807, 2.05) is 42.0 Å². The number of hydrogen-bond acceptors (Lipinski definition) is 6. The molecule has 23 heavy (non-hydrogen) atoms. The van der Waals surface area contributed by atoms with Gasteiger partial charge in [0.1, 0.15) is 5.01 Å². The van der Waals surface area contributed by atoms with E-state index in [9.17, 15) is 0 Å². The van der Waals surface area contributed by atoms with Gasteiger partial charge in [-0.25, -0.2) is 14.5 Å². The van der Waals surface area contributed by atoms with Crippen LogP contribution in [0, 0.1) is 0 Å². The van der Waals surface area contributed by atoms with E-state index < -0.39 is 0 Å². The fourth-order valence-corrected chi connectivity index (χ4v) is 3.85. The molecule has 0 spiro atoms. The number of anilines is 1. The second kappa shape index (κ2) is 5.92. The minimum atomic E-state index is 0.126. The largest absolute Gasteiger partial charge is 0.351 e. The molecule has 0 bridgehead atoms. The molecule has 0 aliphatic heterocycles. The Morgan fingerprint density at radius 2 is 2.09 bits per heavy atom. The smallest absolute Gasteiger partial charge is 0.214 e. The topological polar surface area (TPSA) is 55.1 Å². The SMILES string of the molecule is CC(Nc1nn2cc(-c3ccc(Cl)cc3)nc2s1)c1nccs1. The van der Waals surface area contributed by atoms with Gasteiger partial charge in [-0.05, 0) is 19.1 Å². The third-order valence-electron chi connectivity index (χ3n) is 3.34. The van der Waals surface area contributed by atoms with Crippen molar-refractivity contribution in [2.45, 2.75) is 13.0 Å². The Labute approximate surface area is 145 Å². The van der Waals surface area contributed by atoms with Gasteiger partial charge in [-0.3, -0.25) is 0 Å². The first-order valence-electron chi connectivity index (χ1n) is 6.97. The number of imidazole rings is 1. The summed E-state index contributed by atoms with van der Waals surface area (Å²) in [5.74, 6) is 0. The molecular weight excluding hydrogens is 350 g/mol. The molecule has 0 radical (unpaired) electrons. The maximum absolute atomic E-state index is 5.92. The zero-order valence-corrected chi connectivity index (χ0v) is 14.5. The number of halogens is 1. The highest BCUT2D eigenvalue weighted by molar-refractivity contribution is 7.20. The number of nitrogens with one attached hydrogen (secondary N) is 1. The van der Waals surface area contributed by atoms with Crippen LogP contribution in [0.3, 0.4) is 0 Å². The van der Waals surface area contributed by atoms with Crippen LogP contribution in [0.4, 0.5) is 5.13 Å². The van der Waals surface area contributed by atoms with Gasteiger partial charge >= 0.3 is 0 Å². The minimum absolute atomic E-state index is 0.126. The van der Waals surface area contributed by atoms with Gasteiger partial charge in [0.05, 0.1) is 17.9 Å². The Hall–Kier alpha value is -1.96. The Morgan fingerprint density at radius 3 is 2.78 bits per heavy atom. The van der Waals surface area contributed by atoms with Crippen molar-refractivity contribution in [3.8, 4) is 11.3 Å². The van der Waals surface area contributed by atoms with Gasteiger partial charge in [0.25, 0.3) is 0 Å². The van der Waals surface area contributed by atoms with Gasteiger partial charge in [0, 0.05) is 22.2 Å². The first kappa shape index (κ1) is 14.6. The molecule has 3 heterocycles. The number of fused-ring (bicyclic) bond motifs is 1. The van der Waals surface area contributed by atoms with E-state index in [0.29, 0.717) is 0 Å². The molecule has 0 aliphatic rings. The van der Waals surface area contributed by atoms with Gasteiger partial charge in [-0.1, -0.05) is 35.1 Å². The van der Waals surface area contributed by atoms with Crippen LogP contribution in [0.15, 0.2) is 42.0 Å². The lowest BCUT2D eigenvalue weighted by Gasteiger charge is -2.08. The fraction of sp³-hybridized carbons (Fsp3) is 0.133. The van der Waals surface area contributed by atoms with Crippen molar-refractivity contribution in [1.29, 1.82) is 0 Å². The highest BCUT2D eigenvalue weighted by atomic mass is 35.5. The van der Waals surface area contributed by atoms with Gasteiger partial charge in [0.15, 0.2) is 0 Å². The van der Waals surface area contributed by atoms with Gasteiger partial charge in [-0.2, -0.15) is 0 Å². The predicted octanol–water partition coefficient (Wildman–Crippen LogP) is 4.74. The molecule has 0 fully saturated rings. The molecule has 0 amide bonds. The molecule has 8 heteroatoms. The van der Waals surface area contributed by atoms with Crippen molar-refractivity contribution in [1.82, 2.24) is 19.6 Å². The molecular formula is C15H12ClN5S2. The number of rotatable bonds is 4. The Kier molecular flexibility index (Phi) is 3.76. The van der Waals surface area contributed by atoms with Crippen LogP contribution in [-0.4, -0.2) is 19.6 Å². The van der Waals surface area contributed by atoms with Gasteiger partial charge in [0.2, 0.25) is 10.1 Å². The van der Waals surface area contributed by atoms with Crippen LogP contribution in [0.25, 0.3) is 16.2 Å². The summed E-state index contributed by atoms with van der Waals surface area (Å²) in [6.07, 6.45) is 3.74. The molecule has 0 aliphatic carbocycles. The molecule has 116 valence electrons. The second-order valence-corrected chi connectivity index (χ2v) is 7.32. The molecule has 4 rings (SSSR count). The highest BCUT2D eigenvalue weighted by Crippen LogP contribution is 2.28. The maximum atomic E-state index is 5.92. The Bertz CT molecular complexity index is 895. The summed E-state index contributed by atoms with van der Waals surface area (Å²) in [5, 5.41) is 12.5. The number of nitrogens with zero attached hydrogens (tertiary/aromatic N) is 4. The lowest BCUT2D eigenvalue weighted by Crippen LogP contribution is -2.06. The third-order valence-corrected chi connectivity index (χ3v) is 5.41. The number of thiazole rings is 1. The fourth-order valence-electron chi connectivity index (χ4n) is 2.21. The quantitative estimate of drug-likeness (QED) is 0.570. The van der Waals surface area contributed by atoms with Crippen LogP contribution in [0.5, 0.6) is 0 Å². The predicted molar refractivity (Wildman–Crippen MR) is 95.5 cm³/mol. The molecule has 3 aromatic heterocycles. The molecule has 5 nitrogen and oxygen atoms in total. The summed E-state index contributed by atoms with van der Waals surface area (Å²) in [4.78, 5) is 9.79. The third kappa shape index (κ3) is 2.95. The minimum Gasteiger partial charge on any atom is -0.351 e. The normalized spacial score (nSPS) is 12.6. The van der Waals surface area contributed by atoms with E-state index in [4.69, 9.17) is 11.6 Å². The molecule has 0 saturated carbocycles. The summed E-state index contributed by atoms with van der Waals surface area (Å²) in [7, 11) is 0. The van der Waals surface area contributed by atoms with Crippen LogP contribution < -0.4 is 5.32 Å². The monoisotopic (exact) mass is 361 g/mol. The standard InChI is InChI=1S/C15H12ClN5S2/c1-9(13-17-6-7-22-13)18-14-20-21-8-12(19-15(21)23-14)10-2-4-11(16)5-3-10/h2-9H,1H3,(H,18,20). The zero-order valence-electron chi connectivity index (χ0n) is 12.1. The second-order valence-electron chi connectivity index (χ2n) is 5.00. The van der Waals surface area contributed by atoms with Crippen LogP contribution in [-0.2, 0) is 0 Å². The summed E-state index contributed by atoms with van der Waals surface area (Å²) < 4.78 is 1.80. The lowest BCUT2D eigenvalue weighted by molar-refractivity contribution is 0.852. The Balaban J connectivity index is 1.58. The number of hydrogen-bond donors (Lipinski definition) is 1. The highest BCUT2D eigenvalue weighted by Gasteiger charge is 2.13. The lowest BCUT2D eigenvalue weighted by atomic mass is 10.2. The van der Waals surface area contributed by atoms with Crippen molar-refractivity contribution in [3.05, 3.63) is 52.1 Å². The first-order valence-corrected chi connectivity index (χ1v) is 9.04. The van der Waals surface area contributed by atoms with E-state index in [0.717, 1.165) is 31.4 Å². The number of benzene rings is 1. The van der Waals surface area contributed by atoms with Crippen LogP contribution in [0.2, 0.25) is 5.02 Å². The Morgan fingerprint density at radius 1 is 1.26 bits per heavy atom. The molecule has 1 N–H and O–H groups in total. The average Bonchev–Trinajstić information content (AvgIpc) is 3.23. The van der Waals surface area contributed by atoms with Crippen molar-refractivity contribution < 1.29 is 0 Å². The molecule has 4 aromatic rings. The average molecular weight is 362 g/mol. The molecule has 0 saturated heterocycles. The van der Waals surface area contributed by atoms with E-state index in [1.165, 1.54) is 11.3 Å². The molecule has 1 unspecified atom stereocenters. The molecule has 1 aromatic carbocycles. The maximum Gasteiger partial charge on any atom is 0.214 e. The van der Waals surface area contributed by atoms with Crippen LogP contribution >= 0.6 is 34.3 Å².